The van der Waals surface area contributed by atoms with Crippen molar-refractivity contribution in [1.82, 2.24) is 0 Å². The Kier molecular flexibility index (Phi) is 9.24. The molecule has 0 bridgehead atoms. The van der Waals surface area contributed by atoms with Gasteiger partial charge in [-0.15, -0.1) is 6.58 Å². The number of carbonyl (C=O) groups excluding carboxylic acids is 1. The van der Waals surface area contributed by atoms with Gasteiger partial charge in [-0.1, -0.05) is 63.7 Å². The van der Waals surface area contributed by atoms with Crippen LogP contribution in [0.3, 0.4) is 0 Å². The van der Waals surface area contributed by atoms with Gasteiger partial charge in [0, 0.05) is 0 Å². The summed E-state index contributed by atoms with van der Waals surface area (Å²) in [6, 6.07) is 13.1. The van der Waals surface area contributed by atoms with Crippen LogP contribution in [-0.2, 0) is 0 Å². The lowest BCUT2D eigenvalue weighted by atomic mass is 9.71. The van der Waals surface area contributed by atoms with Gasteiger partial charge in [-0.25, -0.2) is 9.18 Å². The van der Waals surface area contributed by atoms with Gasteiger partial charge in [0.25, 0.3) is 0 Å². The Morgan fingerprint density at radius 2 is 1.91 bits per heavy atom. The molecule has 0 aliphatic heterocycles. The molecule has 0 radical (unpaired) electrons. The van der Waals surface area contributed by atoms with Crippen LogP contribution in [0.4, 0.5) is 4.39 Å². The molecule has 3 nitrogen and oxygen atoms in total. The van der Waals surface area contributed by atoms with Crippen molar-refractivity contribution < 1.29 is 13.9 Å². The molecule has 33 heavy (non-hydrogen) atoms. The van der Waals surface area contributed by atoms with E-state index in [1.54, 1.807) is 12.1 Å². The van der Waals surface area contributed by atoms with Crippen molar-refractivity contribution in [3.63, 3.8) is 0 Å². The Morgan fingerprint density at radius 3 is 2.52 bits per heavy atom. The fraction of sp³-hybridized carbons (Fsp3) is 0.448. The first-order valence-electron chi connectivity index (χ1n) is 12.2. The number of unbranched alkanes of at least 4 members (excludes halogenated alkanes) is 2. The summed E-state index contributed by atoms with van der Waals surface area (Å²) < 4.78 is 19.3. The standard InChI is InChI=1S/C29H34FNO2/c1-3-5-6-8-21-9-12-23(13-10-21)26(7-4-2)24-14-16-25(17-15-24)29(32)33-28-18-11-22(20-31)19-27(28)30/h4,11,14-19,21,23,26H,2-3,5-10,12-13H2,1H3/t21-,23-,26?. The highest BCUT2D eigenvalue weighted by atomic mass is 19.1. The molecule has 0 aromatic heterocycles. The van der Waals surface area contributed by atoms with Gasteiger partial charge in [-0.3, -0.25) is 0 Å². The van der Waals surface area contributed by atoms with Gasteiger partial charge in [0.15, 0.2) is 11.6 Å². The first-order chi connectivity index (χ1) is 16.0. The molecule has 1 saturated carbocycles. The van der Waals surface area contributed by atoms with Crippen LogP contribution < -0.4 is 4.74 Å². The lowest BCUT2D eigenvalue weighted by Crippen LogP contribution is -2.21. The minimum Gasteiger partial charge on any atom is -0.420 e. The molecule has 1 atom stereocenters. The van der Waals surface area contributed by atoms with E-state index in [2.05, 4.69) is 13.5 Å². The maximum Gasteiger partial charge on any atom is 0.343 e. The van der Waals surface area contributed by atoms with Crippen molar-refractivity contribution >= 4 is 5.97 Å². The molecule has 1 fully saturated rings. The van der Waals surface area contributed by atoms with Crippen molar-refractivity contribution in [3.05, 3.63) is 77.6 Å². The largest absolute Gasteiger partial charge is 0.420 e. The fourth-order valence-corrected chi connectivity index (χ4v) is 5.02. The SMILES string of the molecule is C=CCC(c1ccc(C(=O)Oc2ccc(C#N)cc2F)cc1)[C@H]1CC[C@H](CCCCC)CC1. The van der Waals surface area contributed by atoms with Crippen LogP contribution in [0.15, 0.2) is 55.1 Å². The summed E-state index contributed by atoms with van der Waals surface area (Å²) in [7, 11) is 0. The zero-order chi connectivity index (χ0) is 23.6. The van der Waals surface area contributed by atoms with E-state index in [9.17, 15) is 9.18 Å². The van der Waals surface area contributed by atoms with Gasteiger partial charge in [-0.05, 0) is 72.9 Å². The Balaban J connectivity index is 1.62. The Morgan fingerprint density at radius 1 is 1.18 bits per heavy atom. The number of halogens is 1. The van der Waals surface area contributed by atoms with Crippen molar-refractivity contribution in [1.29, 1.82) is 5.26 Å². The first-order valence-corrected chi connectivity index (χ1v) is 12.2. The van der Waals surface area contributed by atoms with Crippen LogP contribution in [-0.4, -0.2) is 5.97 Å². The minimum atomic E-state index is -0.727. The Labute approximate surface area is 197 Å². The van der Waals surface area contributed by atoms with Crippen molar-refractivity contribution in [3.8, 4) is 11.8 Å². The van der Waals surface area contributed by atoms with Crippen molar-refractivity contribution in [2.75, 3.05) is 0 Å². The quantitative estimate of drug-likeness (QED) is 0.161. The van der Waals surface area contributed by atoms with E-state index in [1.165, 1.54) is 69.1 Å². The molecule has 174 valence electrons. The number of hydrogen-bond acceptors (Lipinski definition) is 3. The van der Waals surface area contributed by atoms with Crippen LogP contribution in [0.5, 0.6) is 5.75 Å². The third-order valence-corrected chi connectivity index (χ3v) is 6.94. The molecule has 2 aromatic carbocycles. The molecule has 0 amide bonds. The smallest absolute Gasteiger partial charge is 0.343 e. The number of benzene rings is 2. The average Bonchev–Trinajstić information content (AvgIpc) is 2.84. The summed E-state index contributed by atoms with van der Waals surface area (Å²) >= 11 is 0. The van der Waals surface area contributed by atoms with Crippen LogP contribution in [0, 0.1) is 29.0 Å². The van der Waals surface area contributed by atoms with E-state index >= 15 is 0 Å². The molecule has 2 aromatic rings. The number of carbonyl (C=O) groups is 1. The highest BCUT2D eigenvalue weighted by Gasteiger charge is 2.28. The van der Waals surface area contributed by atoms with Crippen LogP contribution in [0.25, 0.3) is 0 Å². The number of ether oxygens (including phenoxy) is 1. The molecule has 1 aliphatic carbocycles. The average molecular weight is 448 g/mol. The number of esters is 1. The zero-order valence-electron chi connectivity index (χ0n) is 19.6. The third kappa shape index (κ3) is 6.78. The van der Waals surface area contributed by atoms with Crippen molar-refractivity contribution in [2.24, 2.45) is 11.8 Å². The lowest BCUT2D eigenvalue weighted by Gasteiger charge is -2.34. The molecule has 0 heterocycles. The highest BCUT2D eigenvalue weighted by molar-refractivity contribution is 5.91. The predicted octanol–water partition coefficient (Wildman–Crippen LogP) is 7.96. The van der Waals surface area contributed by atoms with Gasteiger partial charge in [0.1, 0.15) is 0 Å². The monoisotopic (exact) mass is 447 g/mol. The molecule has 0 saturated heterocycles. The maximum atomic E-state index is 14.1. The summed E-state index contributed by atoms with van der Waals surface area (Å²) in [5.74, 6) is 0.393. The summed E-state index contributed by atoms with van der Waals surface area (Å²) in [4.78, 5) is 12.5. The molecule has 1 unspecified atom stereocenters. The second-order valence-corrected chi connectivity index (χ2v) is 9.18. The van der Waals surface area contributed by atoms with Crippen LogP contribution >= 0.6 is 0 Å². The Bertz CT molecular complexity index is 968. The molecule has 1 aliphatic rings. The lowest BCUT2D eigenvalue weighted by molar-refractivity contribution is 0.0728. The molecular formula is C29H34FNO2. The van der Waals surface area contributed by atoms with E-state index in [4.69, 9.17) is 10.00 Å². The second kappa shape index (κ2) is 12.3. The van der Waals surface area contributed by atoms with Crippen LogP contribution in [0.2, 0.25) is 0 Å². The number of nitriles is 1. The zero-order valence-corrected chi connectivity index (χ0v) is 19.6. The number of rotatable bonds is 10. The van der Waals surface area contributed by atoms with E-state index in [0.29, 0.717) is 17.4 Å². The fourth-order valence-electron chi connectivity index (χ4n) is 5.02. The van der Waals surface area contributed by atoms with E-state index in [1.807, 2.05) is 24.3 Å². The predicted molar refractivity (Wildman–Crippen MR) is 130 cm³/mol. The van der Waals surface area contributed by atoms with Gasteiger partial charge >= 0.3 is 5.97 Å². The van der Waals surface area contributed by atoms with E-state index in [0.717, 1.165) is 18.4 Å². The first kappa shape index (κ1) is 24.7. The van der Waals surface area contributed by atoms with E-state index < -0.39 is 11.8 Å². The number of nitrogens with zero attached hydrogens (tertiary/aromatic N) is 1. The molecule has 0 N–H and O–H groups in total. The minimum absolute atomic E-state index is 0.177. The molecule has 4 heteroatoms. The van der Waals surface area contributed by atoms with Crippen LogP contribution in [0.1, 0.15) is 92.1 Å². The van der Waals surface area contributed by atoms with Gasteiger partial charge in [0.2, 0.25) is 0 Å². The third-order valence-electron chi connectivity index (χ3n) is 6.94. The summed E-state index contributed by atoms with van der Waals surface area (Å²) in [6.07, 6.45) is 13.4. The molecule has 3 rings (SSSR count). The van der Waals surface area contributed by atoms with E-state index in [-0.39, 0.29) is 11.3 Å². The maximum absolute atomic E-state index is 14.1. The van der Waals surface area contributed by atoms with Crippen molar-refractivity contribution in [2.45, 2.75) is 70.6 Å². The molecular weight excluding hydrogens is 413 g/mol. The number of hydrogen-bond donors (Lipinski definition) is 0. The normalized spacial score (nSPS) is 18.8. The molecule has 0 spiro atoms. The second-order valence-electron chi connectivity index (χ2n) is 9.18. The van der Waals surface area contributed by atoms with Gasteiger partial charge in [0.05, 0.1) is 17.2 Å². The summed E-state index contributed by atoms with van der Waals surface area (Å²) in [5, 5.41) is 8.84. The summed E-state index contributed by atoms with van der Waals surface area (Å²) in [6.45, 7) is 6.23. The summed E-state index contributed by atoms with van der Waals surface area (Å²) in [5.41, 5.74) is 1.77. The Hall–Kier alpha value is -2.93. The topological polar surface area (TPSA) is 50.1 Å². The van der Waals surface area contributed by atoms with Gasteiger partial charge < -0.3 is 4.74 Å². The van der Waals surface area contributed by atoms with Gasteiger partial charge in [-0.2, -0.15) is 5.26 Å². The number of allylic oxidation sites excluding steroid dienone is 1. The highest BCUT2D eigenvalue weighted by Crippen LogP contribution is 2.41.